The molecule has 2 rings (SSSR count). The highest BCUT2D eigenvalue weighted by Gasteiger charge is 2.44. The van der Waals surface area contributed by atoms with Gasteiger partial charge in [0.15, 0.2) is 0 Å². The van der Waals surface area contributed by atoms with Crippen LogP contribution in [-0.4, -0.2) is 54.6 Å². The van der Waals surface area contributed by atoms with Gasteiger partial charge < -0.3 is 28.9 Å². The zero-order valence-electron chi connectivity index (χ0n) is 21.5. The standard InChI is InChI=1S/C25H33N2O10P/c1-4-21(22(28)14-15-36-16-18-8-6-5-7-9-18)23(29)26-24(38(33,34-2)35-3)25(30)37-17-19-10-12-20(13-11-19)27(31)32/h5-13,21-22,24,28H,4,14-17H2,1-3H3,(H,26,29)/t21-,22+,24?/m1/s1. The van der Waals surface area contributed by atoms with Crippen LogP contribution < -0.4 is 5.32 Å². The van der Waals surface area contributed by atoms with E-state index in [1.165, 1.54) is 24.3 Å². The predicted octanol–water partition coefficient (Wildman–Crippen LogP) is 3.56. The third-order valence-corrected chi connectivity index (χ3v) is 7.76. The summed E-state index contributed by atoms with van der Waals surface area (Å²) in [6.07, 6.45) is -0.724. The third-order valence-electron chi connectivity index (χ3n) is 5.77. The largest absolute Gasteiger partial charge is 0.459 e. The number of nitrogens with one attached hydrogen (secondary N) is 1. The number of nitrogens with zero attached hydrogens (tertiary/aromatic N) is 1. The molecule has 38 heavy (non-hydrogen) atoms. The highest BCUT2D eigenvalue weighted by Crippen LogP contribution is 2.51. The van der Waals surface area contributed by atoms with Gasteiger partial charge in [0.1, 0.15) is 6.61 Å². The van der Waals surface area contributed by atoms with Gasteiger partial charge in [-0.15, -0.1) is 0 Å². The Morgan fingerprint density at radius 1 is 1.03 bits per heavy atom. The molecule has 0 saturated heterocycles. The summed E-state index contributed by atoms with van der Waals surface area (Å²) in [6, 6.07) is 14.8. The van der Waals surface area contributed by atoms with Crippen LogP contribution in [0.2, 0.25) is 0 Å². The lowest BCUT2D eigenvalue weighted by Crippen LogP contribution is -2.47. The molecular formula is C25H33N2O10P. The molecule has 0 bridgehead atoms. The second-order valence-corrected chi connectivity index (χ2v) is 10.6. The Morgan fingerprint density at radius 2 is 1.63 bits per heavy atom. The van der Waals surface area contributed by atoms with Gasteiger partial charge in [-0.1, -0.05) is 37.3 Å². The first-order valence-corrected chi connectivity index (χ1v) is 13.5. The van der Waals surface area contributed by atoms with Gasteiger partial charge in [0, 0.05) is 33.0 Å². The second kappa shape index (κ2) is 15.3. The molecule has 2 N–H and O–H groups in total. The van der Waals surface area contributed by atoms with Crippen molar-refractivity contribution in [2.75, 3.05) is 20.8 Å². The van der Waals surface area contributed by atoms with E-state index in [4.69, 9.17) is 18.5 Å². The van der Waals surface area contributed by atoms with Gasteiger partial charge >= 0.3 is 13.6 Å². The lowest BCUT2D eigenvalue weighted by molar-refractivity contribution is -0.384. The van der Waals surface area contributed by atoms with E-state index in [1.807, 2.05) is 30.3 Å². The van der Waals surface area contributed by atoms with Crippen LogP contribution in [0.3, 0.4) is 0 Å². The van der Waals surface area contributed by atoms with E-state index < -0.39 is 42.2 Å². The first-order chi connectivity index (χ1) is 18.1. The molecule has 0 aliphatic heterocycles. The fraction of sp³-hybridized carbons (Fsp3) is 0.440. The summed E-state index contributed by atoms with van der Waals surface area (Å²) >= 11 is 0. The Kier molecular flexibility index (Phi) is 12.5. The number of esters is 1. The number of aliphatic hydroxyl groups excluding tert-OH is 1. The lowest BCUT2D eigenvalue weighted by atomic mass is 9.96. The predicted molar refractivity (Wildman–Crippen MR) is 137 cm³/mol. The number of hydrogen-bond acceptors (Lipinski definition) is 10. The van der Waals surface area contributed by atoms with Gasteiger partial charge in [-0.3, -0.25) is 19.5 Å². The van der Waals surface area contributed by atoms with Crippen LogP contribution >= 0.6 is 7.60 Å². The van der Waals surface area contributed by atoms with Crippen LogP contribution in [0.5, 0.6) is 0 Å². The number of carbonyl (C=O) groups is 2. The van der Waals surface area contributed by atoms with Crippen LogP contribution in [0.4, 0.5) is 5.69 Å². The maximum absolute atomic E-state index is 13.1. The summed E-state index contributed by atoms with van der Waals surface area (Å²) in [5.41, 5.74) is 1.26. The van der Waals surface area contributed by atoms with Crippen LogP contribution in [-0.2, 0) is 45.9 Å². The van der Waals surface area contributed by atoms with Gasteiger partial charge in [-0.2, -0.15) is 0 Å². The minimum absolute atomic E-state index is 0.136. The van der Waals surface area contributed by atoms with Crippen molar-refractivity contribution in [3.8, 4) is 0 Å². The maximum atomic E-state index is 13.1. The van der Waals surface area contributed by atoms with Crippen molar-refractivity contribution in [3.63, 3.8) is 0 Å². The number of carbonyl (C=O) groups excluding carboxylic acids is 2. The van der Waals surface area contributed by atoms with Crippen molar-refractivity contribution in [2.24, 2.45) is 5.92 Å². The van der Waals surface area contributed by atoms with Gasteiger partial charge in [-0.05, 0) is 36.1 Å². The average molecular weight is 553 g/mol. The number of ether oxygens (including phenoxy) is 2. The third kappa shape index (κ3) is 9.00. The van der Waals surface area contributed by atoms with Crippen LogP contribution in [0.25, 0.3) is 0 Å². The first kappa shape index (κ1) is 31.1. The summed E-state index contributed by atoms with van der Waals surface area (Å²) in [4.78, 5) is 36.1. The maximum Gasteiger partial charge on any atom is 0.363 e. The molecule has 0 fully saturated rings. The first-order valence-electron chi connectivity index (χ1n) is 11.9. The highest BCUT2D eigenvalue weighted by atomic mass is 31.2. The minimum Gasteiger partial charge on any atom is -0.459 e. The molecule has 1 amide bonds. The number of amides is 1. The van der Waals surface area contributed by atoms with Gasteiger partial charge in [0.05, 0.1) is 23.6 Å². The molecule has 2 aromatic carbocycles. The van der Waals surface area contributed by atoms with Crippen molar-refractivity contribution in [2.45, 2.75) is 44.9 Å². The van der Waals surface area contributed by atoms with Gasteiger partial charge in [0.2, 0.25) is 11.7 Å². The zero-order chi connectivity index (χ0) is 28.1. The smallest absolute Gasteiger partial charge is 0.363 e. The number of rotatable bonds is 16. The van der Waals surface area contributed by atoms with Crippen molar-refractivity contribution < 1.29 is 42.7 Å². The molecule has 3 atom stereocenters. The summed E-state index contributed by atoms with van der Waals surface area (Å²) in [7, 11) is -2.07. The molecular weight excluding hydrogens is 519 g/mol. The molecule has 0 radical (unpaired) electrons. The number of benzene rings is 2. The fourth-order valence-corrected chi connectivity index (χ4v) is 4.73. The molecule has 0 heterocycles. The van der Waals surface area contributed by atoms with Gasteiger partial charge in [-0.25, -0.2) is 4.79 Å². The number of non-ortho nitro benzene ring substituents is 1. The number of aliphatic hydroxyl groups is 1. The molecule has 0 aliphatic rings. The quantitative estimate of drug-likeness (QED) is 0.103. The Hall–Kier alpha value is -3.15. The number of hydrogen-bond donors (Lipinski definition) is 2. The summed E-state index contributed by atoms with van der Waals surface area (Å²) in [5.74, 6) is -4.59. The molecule has 0 aromatic heterocycles. The van der Waals surface area contributed by atoms with E-state index in [9.17, 15) is 29.4 Å². The van der Waals surface area contributed by atoms with Crippen LogP contribution in [0.1, 0.15) is 30.9 Å². The van der Waals surface area contributed by atoms with Crippen LogP contribution in [0.15, 0.2) is 54.6 Å². The fourth-order valence-electron chi connectivity index (χ4n) is 3.54. The van der Waals surface area contributed by atoms with Crippen molar-refractivity contribution in [1.29, 1.82) is 0 Å². The summed E-state index contributed by atoms with van der Waals surface area (Å²) < 4.78 is 33.7. The van der Waals surface area contributed by atoms with Crippen molar-refractivity contribution in [3.05, 3.63) is 75.8 Å². The SMILES string of the molecule is CC[C@@H](C(=O)NC(C(=O)OCc1ccc([N+](=O)[O-])cc1)P(=O)(OC)OC)[C@@H](O)CCOCc1ccccc1. The summed E-state index contributed by atoms with van der Waals surface area (Å²) in [6.45, 7) is 1.92. The van der Waals surface area contributed by atoms with E-state index in [0.717, 1.165) is 19.8 Å². The van der Waals surface area contributed by atoms with E-state index in [1.54, 1.807) is 6.92 Å². The molecule has 12 nitrogen and oxygen atoms in total. The van der Waals surface area contributed by atoms with E-state index in [-0.39, 0.29) is 31.7 Å². The molecule has 208 valence electrons. The molecule has 0 spiro atoms. The monoisotopic (exact) mass is 552 g/mol. The number of nitro benzene ring substituents is 1. The summed E-state index contributed by atoms with van der Waals surface area (Å²) in [5, 5.41) is 23.8. The Morgan fingerprint density at radius 3 is 2.18 bits per heavy atom. The van der Waals surface area contributed by atoms with Crippen molar-refractivity contribution in [1.82, 2.24) is 5.32 Å². The van der Waals surface area contributed by atoms with Crippen LogP contribution in [0, 0.1) is 16.0 Å². The lowest BCUT2D eigenvalue weighted by Gasteiger charge is -2.27. The molecule has 0 aliphatic carbocycles. The van der Waals surface area contributed by atoms with E-state index in [0.29, 0.717) is 12.2 Å². The Balaban J connectivity index is 2.02. The molecule has 1 unspecified atom stereocenters. The Labute approximate surface area is 220 Å². The average Bonchev–Trinajstić information content (AvgIpc) is 2.93. The molecule has 2 aromatic rings. The topological polar surface area (TPSA) is 164 Å². The highest BCUT2D eigenvalue weighted by molar-refractivity contribution is 7.55. The minimum atomic E-state index is -4.19. The zero-order valence-corrected chi connectivity index (χ0v) is 22.4. The molecule has 13 heteroatoms. The second-order valence-electron chi connectivity index (χ2n) is 8.26. The van der Waals surface area contributed by atoms with E-state index >= 15 is 0 Å². The Bertz CT molecular complexity index is 1090. The van der Waals surface area contributed by atoms with Gasteiger partial charge in [0.25, 0.3) is 5.69 Å². The normalized spacial score (nSPS) is 13.8. The molecule has 0 saturated carbocycles. The van der Waals surface area contributed by atoms with Crippen molar-refractivity contribution >= 4 is 25.2 Å². The van der Waals surface area contributed by atoms with E-state index in [2.05, 4.69) is 5.32 Å². The number of nitro groups is 1.